The topological polar surface area (TPSA) is 38.5 Å². The summed E-state index contributed by atoms with van der Waals surface area (Å²) in [6, 6.07) is 0.654. The van der Waals surface area contributed by atoms with Crippen molar-refractivity contribution in [3.05, 3.63) is 0 Å². The SMILES string of the molecule is COCC1CCCN1CCCN. The van der Waals surface area contributed by atoms with Gasteiger partial charge in [-0.15, -0.1) is 0 Å². The Balaban J connectivity index is 2.20. The molecule has 2 N–H and O–H groups in total. The summed E-state index contributed by atoms with van der Waals surface area (Å²) in [6.07, 6.45) is 3.72. The lowest BCUT2D eigenvalue weighted by molar-refractivity contribution is 0.115. The summed E-state index contributed by atoms with van der Waals surface area (Å²) < 4.78 is 5.16. The monoisotopic (exact) mass is 172 g/mol. The molecule has 1 aliphatic rings. The Kier molecular flexibility index (Phi) is 4.58. The van der Waals surface area contributed by atoms with E-state index in [2.05, 4.69) is 4.90 Å². The molecular weight excluding hydrogens is 152 g/mol. The van der Waals surface area contributed by atoms with E-state index in [0.29, 0.717) is 6.04 Å². The van der Waals surface area contributed by atoms with Gasteiger partial charge in [-0.25, -0.2) is 0 Å². The van der Waals surface area contributed by atoms with Gasteiger partial charge in [0.25, 0.3) is 0 Å². The van der Waals surface area contributed by atoms with Crippen molar-refractivity contribution in [1.29, 1.82) is 0 Å². The van der Waals surface area contributed by atoms with Crippen molar-refractivity contribution in [2.24, 2.45) is 5.73 Å². The molecule has 1 atom stereocenters. The summed E-state index contributed by atoms with van der Waals surface area (Å²) in [5, 5.41) is 0. The second-order valence-corrected chi connectivity index (χ2v) is 3.43. The van der Waals surface area contributed by atoms with E-state index in [1.165, 1.54) is 19.4 Å². The van der Waals surface area contributed by atoms with Gasteiger partial charge in [-0.05, 0) is 38.9 Å². The van der Waals surface area contributed by atoms with Gasteiger partial charge in [-0.2, -0.15) is 0 Å². The molecule has 0 bridgehead atoms. The van der Waals surface area contributed by atoms with E-state index in [9.17, 15) is 0 Å². The van der Waals surface area contributed by atoms with E-state index in [1.54, 1.807) is 7.11 Å². The number of rotatable bonds is 5. The second-order valence-electron chi connectivity index (χ2n) is 3.43. The van der Waals surface area contributed by atoms with Crippen LogP contribution in [-0.2, 0) is 4.74 Å². The fourth-order valence-corrected chi connectivity index (χ4v) is 1.87. The summed E-state index contributed by atoms with van der Waals surface area (Å²) >= 11 is 0. The Labute approximate surface area is 74.9 Å². The van der Waals surface area contributed by atoms with Crippen molar-refractivity contribution in [3.63, 3.8) is 0 Å². The molecule has 0 amide bonds. The van der Waals surface area contributed by atoms with Gasteiger partial charge in [0.15, 0.2) is 0 Å². The van der Waals surface area contributed by atoms with Gasteiger partial charge in [0.1, 0.15) is 0 Å². The number of hydrogen-bond acceptors (Lipinski definition) is 3. The molecule has 1 unspecified atom stereocenters. The molecule has 72 valence electrons. The molecular formula is C9H20N2O. The van der Waals surface area contributed by atoms with Crippen molar-refractivity contribution < 1.29 is 4.74 Å². The average Bonchev–Trinajstić information content (AvgIpc) is 2.50. The average molecular weight is 172 g/mol. The van der Waals surface area contributed by atoms with Crippen LogP contribution in [0.25, 0.3) is 0 Å². The van der Waals surface area contributed by atoms with Crippen LogP contribution < -0.4 is 5.73 Å². The van der Waals surface area contributed by atoms with Crippen molar-refractivity contribution in [3.8, 4) is 0 Å². The van der Waals surface area contributed by atoms with E-state index in [1.807, 2.05) is 0 Å². The first-order valence-corrected chi connectivity index (χ1v) is 4.81. The maximum Gasteiger partial charge on any atom is 0.0618 e. The summed E-state index contributed by atoms with van der Waals surface area (Å²) in [7, 11) is 1.78. The van der Waals surface area contributed by atoms with Gasteiger partial charge in [0.05, 0.1) is 6.61 Å². The lowest BCUT2D eigenvalue weighted by Gasteiger charge is -2.23. The van der Waals surface area contributed by atoms with E-state index in [4.69, 9.17) is 10.5 Å². The summed E-state index contributed by atoms with van der Waals surface area (Å²) in [6.45, 7) is 4.05. The molecule has 1 saturated heterocycles. The highest BCUT2D eigenvalue weighted by atomic mass is 16.5. The maximum absolute atomic E-state index is 5.47. The van der Waals surface area contributed by atoms with Gasteiger partial charge < -0.3 is 10.5 Å². The van der Waals surface area contributed by atoms with Crippen LogP contribution in [0.2, 0.25) is 0 Å². The lowest BCUT2D eigenvalue weighted by Crippen LogP contribution is -2.34. The molecule has 0 aromatic rings. The van der Waals surface area contributed by atoms with Crippen molar-refractivity contribution in [2.75, 3.05) is 33.4 Å². The zero-order valence-corrected chi connectivity index (χ0v) is 7.96. The molecule has 0 aromatic heterocycles. The highest BCUT2D eigenvalue weighted by Gasteiger charge is 2.22. The number of hydrogen-bond donors (Lipinski definition) is 1. The quantitative estimate of drug-likeness (QED) is 0.654. The maximum atomic E-state index is 5.47. The predicted octanol–water partition coefficient (Wildman–Crippen LogP) is 0.446. The van der Waals surface area contributed by atoms with Crippen molar-refractivity contribution >= 4 is 0 Å². The zero-order chi connectivity index (χ0) is 8.81. The first kappa shape index (κ1) is 9.96. The third kappa shape index (κ3) is 2.73. The van der Waals surface area contributed by atoms with Crippen LogP contribution in [-0.4, -0.2) is 44.3 Å². The van der Waals surface area contributed by atoms with Gasteiger partial charge in [-0.1, -0.05) is 0 Å². The van der Waals surface area contributed by atoms with Crippen molar-refractivity contribution in [1.82, 2.24) is 4.90 Å². The number of likely N-dealkylation sites (tertiary alicyclic amines) is 1. The Morgan fingerprint density at radius 2 is 2.42 bits per heavy atom. The molecule has 12 heavy (non-hydrogen) atoms. The van der Waals surface area contributed by atoms with E-state index in [0.717, 1.165) is 26.1 Å². The number of nitrogens with zero attached hydrogens (tertiary/aromatic N) is 1. The van der Waals surface area contributed by atoms with E-state index >= 15 is 0 Å². The predicted molar refractivity (Wildman–Crippen MR) is 50.1 cm³/mol. The fraction of sp³-hybridized carbons (Fsp3) is 1.00. The largest absolute Gasteiger partial charge is 0.383 e. The first-order chi connectivity index (χ1) is 5.88. The molecule has 0 aromatic carbocycles. The number of methoxy groups -OCH3 is 1. The first-order valence-electron chi connectivity index (χ1n) is 4.81. The van der Waals surface area contributed by atoms with E-state index < -0.39 is 0 Å². The summed E-state index contributed by atoms with van der Waals surface area (Å²) in [4.78, 5) is 2.50. The third-order valence-corrected chi connectivity index (χ3v) is 2.51. The summed E-state index contributed by atoms with van der Waals surface area (Å²) in [5.41, 5.74) is 5.47. The second kappa shape index (κ2) is 5.51. The van der Waals surface area contributed by atoms with E-state index in [-0.39, 0.29) is 0 Å². The molecule has 0 saturated carbocycles. The van der Waals surface area contributed by atoms with Gasteiger partial charge in [-0.3, -0.25) is 4.90 Å². The lowest BCUT2D eigenvalue weighted by atomic mass is 10.2. The van der Waals surface area contributed by atoms with Crippen LogP contribution in [0.4, 0.5) is 0 Å². The molecule has 1 fully saturated rings. The summed E-state index contributed by atoms with van der Waals surface area (Å²) in [5.74, 6) is 0. The minimum atomic E-state index is 0.654. The smallest absolute Gasteiger partial charge is 0.0618 e. The zero-order valence-electron chi connectivity index (χ0n) is 7.96. The van der Waals surface area contributed by atoms with Gasteiger partial charge >= 0.3 is 0 Å². The standard InChI is InChI=1S/C9H20N2O/c1-12-8-9-4-2-6-11(9)7-3-5-10/h9H,2-8,10H2,1H3. The molecule has 0 radical (unpaired) electrons. The van der Waals surface area contributed by atoms with Crippen LogP contribution in [0, 0.1) is 0 Å². The molecule has 1 heterocycles. The van der Waals surface area contributed by atoms with Crippen LogP contribution in [0.3, 0.4) is 0 Å². The Morgan fingerprint density at radius 3 is 3.08 bits per heavy atom. The Hall–Kier alpha value is -0.120. The molecule has 1 rings (SSSR count). The third-order valence-electron chi connectivity index (χ3n) is 2.51. The molecule has 1 aliphatic heterocycles. The van der Waals surface area contributed by atoms with Crippen molar-refractivity contribution in [2.45, 2.75) is 25.3 Å². The van der Waals surface area contributed by atoms with Crippen LogP contribution in [0.15, 0.2) is 0 Å². The molecule has 0 spiro atoms. The van der Waals surface area contributed by atoms with Crippen LogP contribution >= 0.6 is 0 Å². The molecule has 3 nitrogen and oxygen atoms in total. The Morgan fingerprint density at radius 1 is 1.58 bits per heavy atom. The Bertz CT molecular complexity index is 119. The van der Waals surface area contributed by atoms with Crippen LogP contribution in [0.5, 0.6) is 0 Å². The minimum Gasteiger partial charge on any atom is -0.383 e. The number of nitrogens with two attached hydrogens (primary N) is 1. The van der Waals surface area contributed by atoms with Gasteiger partial charge in [0.2, 0.25) is 0 Å². The van der Waals surface area contributed by atoms with Crippen LogP contribution in [0.1, 0.15) is 19.3 Å². The minimum absolute atomic E-state index is 0.654. The fourth-order valence-electron chi connectivity index (χ4n) is 1.87. The highest BCUT2D eigenvalue weighted by molar-refractivity contribution is 4.78. The number of ether oxygens (including phenoxy) is 1. The normalized spacial score (nSPS) is 25.0. The molecule has 3 heteroatoms. The highest BCUT2D eigenvalue weighted by Crippen LogP contribution is 2.16. The van der Waals surface area contributed by atoms with Gasteiger partial charge in [0, 0.05) is 13.2 Å². The molecule has 0 aliphatic carbocycles.